The molecule has 0 fully saturated rings. The number of carbonyl (C=O) groups is 2. The number of benzene rings is 2. The van der Waals surface area contributed by atoms with Crippen LogP contribution in [-0.4, -0.2) is 31.6 Å². The number of amides is 2. The van der Waals surface area contributed by atoms with Crippen molar-refractivity contribution < 1.29 is 19.1 Å². The fourth-order valence-corrected chi connectivity index (χ4v) is 3.53. The summed E-state index contributed by atoms with van der Waals surface area (Å²) in [5, 5.41) is 3.16. The predicted molar refractivity (Wildman–Crippen MR) is 114 cm³/mol. The van der Waals surface area contributed by atoms with Gasteiger partial charge in [0.15, 0.2) is 18.1 Å². The average Bonchev–Trinajstić information content (AvgIpc) is 2.66. The van der Waals surface area contributed by atoms with E-state index in [1.165, 1.54) is 24.8 Å². The molecule has 1 atom stereocenters. The summed E-state index contributed by atoms with van der Waals surface area (Å²) in [5.74, 6) is -0.494. The van der Waals surface area contributed by atoms with Gasteiger partial charge in [-0.3, -0.25) is 9.59 Å². The van der Waals surface area contributed by atoms with Crippen molar-refractivity contribution in [3.05, 3.63) is 58.6 Å². The minimum Gasteiger partial charge on any atom is -0.493 e. The van der Waals surface area contributed by atoms with Crippen molar-refractivity contribution in [1.29, 1.82) is 0 Å². The number of rotatable bonds is 9. The lowest BCUT2D eigenvalue weighted by Gasteiger charge is -2.29. The summed E-state index contributed by atoms with van der Waals surface area (Å²) in [7, 11) is 1.43. The smallest absolute Gasteiger partial charge is 0.255 e. The molecule has 3 N–H and O–H groups in total. The van der Waals surface area contributed by atoms with Crippen LogP contribution < -0.4 is 20.5 Å². The average molecular weight is 419 g/mol. The summed E-state index contributed by atoms with van der Waals surface area (Å²) in [4.78, 5) is 23.7. The molecular weight excluding hydrogens is 392 g/mol. The lowest BCUT2D eigenvalue weighted by Crippen LogP contribution is -2.37. The summed E-state index contributed by atoms with van der Waals surface area (Å²) in [6, 6.07) is 13.1. The zero-order valence-corrected chi connectivity index (χ0v) is 17.9. The van der Waals surface area contributed by atoms with Gasteiger partial charge in [-0.25, -0.2) is 0 Å². The number of primary amides is 1. The Morgan fingerprint density at radius 2 is 1.86 bits per heavy atom. The highest BCUT2D eigenvalue weighted by molar-refractivity contribution is 6.32. The van der Waals surface area contributed by atoms with Crippen molar-refractivity contribution in [3.63, 3.8) is 0 Å². The molecule has 0 radical (unpaired) electrons. The first kappa shape index (κ1) is 22.6. The molecule has 29 heavy (non-hydrogen) atoms. The van der Waals surface area contributed by atoms with E-state index in [-0.39, 0.29) is 40.5 Å². The van der Waals surface area contributed by atoms with Crippen LogP contribution in [0.4, 0.5) is 0 Å². The number of hydrogen-bond acceptors (Lipinski definition) is 4. The van der Waals surface area contributed by atoms with E-state index >= 15 is 0 Å². The number of methoxy groups -OCH3 is 1. The van der Waals surface area contributed by atoms with E-state index in [9.17, 15) is 9.59 Å². The summed E-state index contributed by atoms with van der Waals surface area (Å²) in [6.45, 7) is 5.92. The second kappa shape index (κ2) is 9.65. The van der Waals surface area contributed by atoms with Gasteiger partial charge in [0.2, 0.25) is 0 Å². The SMILES string of the molecule is COc1cc(C(=O)NC(C)CC(C)(C)c2ccccc2)cc(Cl)c1OCC(N)=O. The van der Waals surface area contributed by atoms with Gasteiger partial charge in [-0.15, -0.1) is 0 Å². The molecule has 156 valence electrons. The Hall–Kier alpha value is -2.73. The first-order valence-electron chi connectivity index (χ1n) is 9.29. The zero-order valence-electron chi connectivity index (χ0n) is 17.1. The summed E-state index contributed by atoms with van der Waals surface area (Å²) >= 11 is 6.23. The van der Waals surface area contributed by atoms with Gasteiger partial charge in [-0.1, -0.05) is 55.8 Å². The van der Waals surface area contributed by atoms with Crippen LogP contribution in [0.25, 0.3) is 0 Å². The van der Waals surface area contributed by atoms with Crippen molar-refractivity contribution in [2.75, 3.05) is 13.7 Å². The molecule has 2 amide bonds. The molecule has 6 nitrogen and oxygen atoms in total. The van der Waals surface area contributed by atoms with Gasteiger partial charge in [-0.05, 0) is 36.5 Å². The molecule has 0 aliphatic rings. The molecule has 2 aromatic rings. The standard InChI is InChI=1S/C22H27ClN2O4/c1-14(12-22(2,3)16-8-6-5-7-9-16)25-21(27)15-10-17(23)20(18(11-15)28-4)29-13-19(24)26/h5-11,14H,12-13H2,1-4H3,(H2,24,26)(H,25,27). The Bertz CT molecular complexity index is 869. The highest BCUT2D eigenvalue weighted by Crippen LogP contribution is 2.36. The second-order valence-corrected chi connectivity index (χ2v) is 7.98. The first-order chi connectivity index (χ1) is 13.6. The molecule has 0 saturated heterocycles. The van der Waals surface area contributed by atoms with Crippen molar-refractivity contribution in [1.82, 2.24) is 5.32 Å². The van der Waals surface area contributed by atoms with Gasteiger partial charge in [0.1, 0.15) is 0 Å². The molecule has 1 unspecified atom stereocenters. The molecule has 0 spiro atoms. The second-order valence-electron chi connectivity index (χ2n) is 7.57. The van der Waals surface area contributed by atoms with Crippen LogP contribution in [0.15, 0.2) is 42.5 Å². The number of carbonyl (C=O) groups excluding carboxylic acids is 2. The van der Waals surface area contributed by atoms with Gasteiger partial charge < -0.3 is 20.5 Å². The highest BCUT2D eigenvalue weighted by Gasteiger charge is 2.25. The molecule has 7 heteroatoms. The van der Waals surface area contributed by atoms with Crippen molar-refractivity contribution >= 4 is 23.4 Å². The molecular formula is C22H27ClN2O4. The van der Waals surface area contributed by atoms with Crippen molar-refractivity contribution in [3.8, 4) is 11.5 Å². The lowest BCUT2D eigenvalue weighted by molar-refractivity contribution is -0.119. The minimum absolute atomic E-state index is 0.0757. The molecule has 0 saturated carbocycles. The zero-order chi connectivity index (χ0) is 21.6. The molecule has 0 bridgehead atoms. The Labute approximate surface area is 176 Å². The Balaban J connectivity index is 2.11. The third-order valence-corrected chi connectivity index (χ3v) is 4.88. The number of ether oxygens (including phenoxy) is 2. The van der Waals surface area contributed by atoms with E-state index in [2.05, 4.69) is 31.3 Å². The topological polar surface area (TPSA) is 90.7 Å². The fraction of sp³-hybridized carbons (Fsp3) is 0.364. The lowest BCUT2D eigenvalue weighted by atomic mass is 9.79. The molecule has 0 aliphatic heterocycles. The monoisotopic (exact) mass is 418 g/mol. The van der Waals surface area contributed by atoms with Crippen molar-refractivity contribution in [2.24, 2.45) is 5.73 Å². The summed E-state index contributed by atoms with van der Waals surface area (Å²) in [6.07, 6.45) is 0.757. The third kappa shape index (κ3) is 6.12. The van der Waals surface area contributed by atoms with E-state index in [0.29, 0.717) is 5.56 Å². The Kier molecular flexibility index (Phi) is 7.51. The summed E-state index contributed by atoms with van der Waals surface area (Å²) in [5.41, 5.74) is 6.54. The van der Waals surface area contributed by atoms with Gasteiger partial charge >= 0.3 is 0 Å². The summed E-state index contributed by atoms with van der Waals surface area (Å²) < 4.78 is 10.5. The van der Waals surface area contributed by atoms with E-state index in [4.69, 9.17) is 26.8 Å². The van der Waals surface area contributed by atoms with Crippen LogP contribution in [0.2, 0.25) is 5.02 Å². The van der Waals surface area contributed by atoms with Gasteiger partial charge in [-0.2, -0.15) is 0 Å². The molecule has 0 aliphatic carbocycles. The predicted octanol–water partition coefficient (Wildman–Crippen LogP) is 3.70. The molecule has 0 heterocycles. The highest BCUT2D eigenvalue weighted by atomic mass is 35.5. The number of halogens is 1. The third-order valence-electron chi connectivity index (χ3n) is 4.60. The van der Waals surface area contributed by atoms with E-state index in [1.807, 2.05) is 25.1 Å². The van der Waals surface area contributed by atoms with Crippen LogP contribution in [0, 0.1) is 0 Å². The Morgan fingerprint density at radius 3 is 2.45 bits per heavy atom. The molecule has 2 aromatic carbocycles. The van der Waals surface area contributed by atoms with Gasteiger partial charge in [0, 0.05) is 11.6 Å². The van der Waals surface area contributed by atoms with Crippen LogP contribution in [0.1, 0.15) is 43.1 Å². The maximum atomic E-state index is 12.7. The largest absolute Gasteiger partial charge is 0.493 e. The maximum Gasteiger partial charge on any atom is 0.255 e. The first-order valence-corrected chi connectivity index (χ1v) is 9.67. The van der Waals surface area contributed by atoms with Gasteiger partial charge in [0.05, 0.1) is 12.1 Å². The number of hydrogen-bond donors (Lipinski definition) is 2. The van der Waals surface area contributed by atoms with Crippen LogP contribution in [-0.2, 0) is 10.2 Å². The minimum atomic E-state index is -0.639. The maximum absolute atomic E-state index is 12.7. The number of nitrogens with one attached hydrogen (secondary N) is 1. The molecule has 0 aromatic heterocycles. The van der Waals surface area contributed by atoms with Crippen LogP contribution >= 0.6 is 11.6 Å². The normalized spacial score (nSPS) is 12.2. The van der Waals surface area contributed by atoms with Crippen LogP contribution in [0.5, 0.6) is 11.5 Å². The van der Waals surface area contributed by atoms with E-state index < -0.39 is 5.91 Å². The van der Waals surface area contributed by atoms with Crippen molar-refractivity contribution in [2.45, 2.75) is 38.6 Å². The van der Waals surface area contributed by atoms with Gasteiger partial charge in [0.25, 0.3) is 11.8 Å². The number of nitrogens with two attached hydrogens (primary N) is 1. The van der Waals surface area contributed by atoms with E-state index in [0.717, 1.165) is 6.42 Å². The quantitative estimate of drug-likeness (QED) is 0.649. The fourth-order valence-electron chi connectivity index (χ4n) is 3.27. The van der Waals surface area contributed by atoms with E-state index in [1.54, 1.807) is 0 Å². The van der Waals surface area contributed by atoms with Crippen LogP contribution in [0.3, 0.4) is 0 Å². The molecule has 2 rings (SSSR count). The Morgan fingerprint density at radius 1 is 1.21 bits per heavy atom.